The first kappa shape index (κ1) is 11.4. The molecule has 0 bridgehead atoms. The van der Waals surface area contributed by atoms with E-state index in [-0.39, 0.29) is 5.78 Å². The second-order valence-corrected chi connectivity index (χ2v) is 3.54. The number of hydrogen-bond donors (Lipinski definition) is 0. The van der Waals surface area contributed by atoms with Crippen LogP contribution in [0.3, 0.4) is 0 Å². The molecule has 0 fully saturated rings. The van der Waals surface area contributed by atoms with Crippen molar-refractivity contribution < 1.29 is 14.3 Å². The number of Topliss-reactive ketones (excluding diaryl/α,β-unsaturated/α-hetero) is 1. The van der Waals surface area contributed by atoms with E-state index < -0.39 is 11.4 Å². The van der Waals surface area contributed by atoms with Crippen LogP contribution in [0, 0.1) is 0 Å². The maximum atomic E-state index is 11.6. The summed E-state index contributed by atoms with van der Waals surface area (Å²) in [6, 6.07) is 8.91. The van der Waals surface area contributed by atoms with Crippen molar-refractivity contribution in [2.75, 3.05) is 7.11 Å². The topological polar surface area (TPSA) is 43.4 Å². The summed E-state index contributed by atoms with van der Waals surface area (Å²) in [6.07, 6.45) is 0. The third-order valence-corrected chi connectivity index (χ3v) is 2.65. The van der Waals surface area contributed by atoms with Crippen LogP contribution < -0.4 is 0 Å². The Labute approximate surface area is 89.1 Å². The van der Waals surface area contributed by atoms with Crippen LogP contribution in [-0.4, -0.2) is 18.9 Å². The quantitative estimate of drug-likeness (QED) is 0.558. The van der Waals surface area contributed by atoms with Crippen molar-refractivity contribution in [3.05, 3.63) is 35.9 Å². The van der Waals surface area contributed by atoms with Crippen molar-refractivity contribution in [2.24, 2.45) is 0 Å². The molecule has 15 heavy (non-hydrogen) atoms. The van der Waals surface area contributed by atoms with Gasteiger partial charge in [-0.3, -0.25) is 9.59 Å². The molecule has 0 aliphatic carbocycles. The van der Waals surface area contributed by atoms with Crippen molar-refractivity contribution >= 4 is 11.8 Å². The van der Waals surface area contributed by atoms with Gasteiger partial charge in [-0.05, 0) is 19.4 Å². The van der Waals surface area contributed by atoms with Crippen molar-refractivity contribution in [2.45, 2.75) is 19.3 Å². The summed E-state index contributed by atoms with van der Waals surface area (Å²) in [6.45, 7) is 2.97. The molecule has 0 heterocycles. The van der Waals surface area contributed by atoms with Crippen molar-refractivity contribution in [3.8, 4) is 0 Å². The van der Waals surface area contributed by atoms with Gasteiger partial charge in [-0.25, -0.2) is 0 Å². The molecule has 0 aliphatic heterocycles. The third-order valence-electron chi connectivity index (χ3n) is 2.65. The van der Waals surface area contributed by atoms with Gasteiger partial charge in [0.05, 0.1) is 7.11 Å². The van der Waals surface area contributed by atoms with E-state index in [1.54, 1.807) is 31.2 Å². The second-order valence-electron chi connectivity index (χ2n) is 3.54. The van der Waals surface area contributed by atoms with Gasteiger partial charge in [0.25, 0.3) is 0 Å². The molecule has 1 rings (SSSR count). The van der Waals surface area contributed by atoms with E-state index in [1.807, 2.05) is 6.07 Å². The molecule has 0 saturated carbocycles. The van der Waals surface area contributed by atoms with Crippen molar-refractivity contribution in [3.63, 3.8) is 0 Å². The zero-order valence-corrected chi connectivity index (χ0v) is 9.11. The van der Waals surface area contributed by atoms with E-state index in [0.717, 1.165) is 0 Å². The molecule has 1 aromatic carbocycles. The first-order chi connectivity index (χ1) is 7.03. The number of carbonyl (C=O) groups is 2. The van der Waals surface area contributed by atoms with E-state index >= 15 is 0 Å². The Kier molecular flexibility index (Phi) is 3.24. The van der Waals surface area contributed by atoms with Gasteiger partial charge in [-0.2, -0.15) is 0 Å². The molecule has 80 valence electrons. The lowest BCUT2D eigenvalue weighted by Gasteiger charge is -2.23. The molecule has 0 spiro atoms. The van der Waals surface area contributed by atoms with Crippen LogP contribution in [-0.2, 0) is 19.7 Å². The van der Waals surface area contributed by atoms with Crippen molar-refractivity contribution in [1.29, 1.82) is 0 Å². The van der Waals surface area contributed by atoms with E-state index in [0.29, 0.717) is 5.56 Å². The summed E-state index contributed by atoms with van der Waals surface area (Å²) in [5.41, 5.74) is -0.542. The highest BCUT2D eigenvalue weighted by Crippen LogP contribution is 2.26. The van der Waals surface area contributed by atoms with Crippen LogP contribution >= 0.6 is 0 Å². The number of carbonyl (C=O) groups excluding carboxylic acids is 2. The number of ketones is 1. The molecule has 0 amide bonds. The lowest BCUT2D eigenvalue weighted by atomic mass is 9.79. The fraction of sp³-hybridized carbons (Fsp3) is 0.333. The Morgan fingerprint density at radius 1 is 1.20 bits per heavy atom. The van der Waals surface area contributed by atoms with Crippen LogP contribution in [0.5, 0.6) is 0 Å². The minimum atomic E-state index is -1.20. The largest absolute Gasteiger partial charge is 0.468 e. The molecule has 0 saturated heterocycles. The van der Waals surface area contributed by atoms with E-state index in [4.69, 9.17) is 0 Å². The van der Waals surface area contributed by atoms with Crippen molar-refractivity contribution in [1.82, 2.24) is 0 Å². The Morgan fingerprint density at radius 2 is 1.73 bits per heavy atom. The van der Waals surface area contributed by atoms with Gasteiger partial charge in [0, 0.05) is 0 Å². The fourth-order valence-corrected chi connectivity index (χ4v) is 1.44. The zero-order valence-electron chi connectivity index (χ0n) is 9.11. The number of ether oxygens (including phenoxy) is 1. The minimum absolute atomic E-state index is 0.222. The number of hydrogen-bond acceptors (Lipinski definition) is 3. The number of rotatable bonds is 3. The minimum Gasteiger partial charge on any atom is -0.468 e. The molecule has 0 unspecified atom stereocenters. The molecule has 1 atom stereocenters. The predicted octanol–water partition coefficient (Wildman–Crippen LogP) is 1.71. The molecule has 0 aromatic heterocycles. The molecule has 1 aromatic rings. The van der Waals surface area contributed by atoms with Crippen LogP contribution in [0.2, 0.25) is 0 Å². The number of benzene rings is 1. The summed E-state index contributed by atoms with van der Waals surface area (Å²) in [5.74, 6) is -0.748. The summed E-state index contributed by atoms with van der Waals surface area (Å²) in [4.78, 5) is 23.2. The molecule has 3 heteroatoms. The molecular weight excluding hydrogens is 192 g/mol. The molecule has 0 N–H and O–H groups in total. The third kappa shape index (κ3) is 1.91. The van der Waals surface area contributed by atoms with Gasteiger partial charge in [-0.15, -0.1) is 0 Å². The second kappa shape index (κ2) is 4.26. The highest BCUT2D eigenvalue weighted by Gasteiger charge is 2.41. The lowest BCUT2D eigenvalue weighted by Crippen LogP contribution is -2.40. The van der Waals surface area contributed by atoms with Gasteiger partial charge >= 0.3 is 5.97 Å². The molecule has 3 nitrogen and oxygen atoms in total. The molecular formula is C12H14O3. The first-order valence-corrected chi connectivity index (χ1v) is 4.68. The Bertz CT molecular complexity index is 370. The van der Waals surface area contributed by atoms with E-state index in [9.17, 15) is 9.59 Å². The average molecular weight is 206 g/mol. The van der Waals surface area contributed by atoms with E-state index in [2.05, 4.69) is 4.74 Å². The van der Waals surface area contributed by atoms with Gasteiger partial charge in [0.2, 0.25) is 0 Å². The van der Waals surface area contributed by atoms with Crippen LogP contribution in [0.25, 0.3) is 0 Å². The normalized spacial score (nSPS) is 14.1. The maximum Gasteiger partial charge on any atom is 0.323 e. The van der Waals surface area contributed by atoms with Crippen LogP contribution in [0.1, 0.15) is 19.4 Å². The number of methoxy groups -OCH3 is 1. The summed E-state index contributed by atoms with van der Waals surface area (Å²) in [5, 5.41) is 0. The highest BCUT2D eigenvalue weighted by molar-refractivity contribution is 6.08. The average Bonchev–Trinajstić information content (AvgIpc) is 2.27. The Hall–Kier alpha value is -1.64. The summed E-state index contributed by atoms with van der Waals surface area (Å²) in [7, 11) is 1.28. The standard InChI is InChI=1S/C12H14O3/c1-9(13)12(2,11(14)15-3)10-7-5-4-6-8-10/h4-8H,1-3H3/t12-/m1/s1. The fourth-order valence-electron chi connectivity index (χ4n) is 1.44. The smallest absolute Gasteiger partial charge is 0.323 e. The van der Waals surface area contributed by atoms with Gasteiger partial charge in [0.1, 0.15) is 5.41 Å². The first-order valence-electron chi connectivity index (χ1n) is 4.68. The van der Waals surface area contributed by atoms with E-state index in [1.165, 1.54) is 14.0 Å². The highest BCUT2D eigenvalue weighted by atomic mass is 16.5. The molecule has 0 aliphatic rings. The number of esters is 1. The Morgan fingerprint density at radius 3 is 2.13 bits per heavy atom. The van der Waals surface area contributed by atoms with Gasteiger partial charge in [-0.1, -0.05) is 30.3 Å². The lowest BCUT2D eigenvalue weighted by molar-refractivity contribution is -0.150. The summed E-state index contributed by atoms with van der Waals surface area (Å²) >= 11 is 0. The maximum absolute atomic E-state index is 11.6. The molecule has 0 radical (unpaired) electrons. The van der Waals surface area contributed by atoms with Crippen LogP contribution in [0.4, 0.5) is 0 Å². The summed E-state index contributed by atoms with van der Waals surface area (Å²) < 4.78 is 4.67. The Balaban J connectivity index is 3.25. The monoisotopic (exact) mass is 206 g/mol. The SMILES string of the molecule is COC(=O)[C@](C)(C(C)=O)c1ccccc1. The predicted molar refractivity (Wildman–Crippen MR) is 56.5 cm³/mol. The van der Waals surface area contributed by atoms with Crippen LogP contribution in [0.15, 0.2) is 30.3 Å². The van der Waals surface area contributed by atoms with Gasteiger partial charge in [0.15, 0.2) is 5.78 Å². The van der Waals surface area contributed by atoms with Gasteiger partial charge < -0.3 is 4.74 Å². The zero-order chi connectivity index (χ0) is 11.5.